The zero-order valence-corrected chi connectivity index (χ0v) is 24.2. The second-order valence-corrected chi connectivity index (χ2v) is 14.7. The number of nitrogens with one attached hydrogen (secondary N) is 3. The number of para-hydroxylation sites is 1. The number of ether oxygens (including phenoxy) is 1. The first kappa shape index (κ1) is 27.1. The van der Waals surface area contributed by atoms with Gasteiger partial charge in [0.25, 0.3) is 0 Å². The number of nitrogens with zero attached hydrogens (tertiary/aromatic N) is 1. The molecule has 3 N–H and O–H groups in total. The van der Waals surface area contributed by atoms with Crippen LogP contribution in [0.4, 0.5) is 22.9 Å². The van der Waals surface area contributed by atoms with Crippen molar-refractivity contribution in [2.75, 3.05) is 44.2 Å². The molecule has 0 atom stereocenters. The average molecular weight is 553 g/mol. The Kier molecular flexibility index (Phi) is 8.04. The van der Waals surface area contributed by atoms with Crippen LogP contribution < -0.4 is 26.0 Å². The monoisotopic (exact) mass is 552 g/mol. The lowest BCUT2D eigenvalue weighted by molar-refractivity contribution is 0.123. The van der Waals surface area contributed by atoms with Crippen molar-refractivity contribution in [1.82, 2.24) is 10.3 Å². The van der Waals surface area contributed by atoms with Gasteiger partial charge in [-0.3, -0.25) is 0 Å². The number of benzene rings is 2. The number of pyridine rings is 1. The molecule has 1 spiro atoms. The highest BCUT2D eigenvalue weighted by Crippen LogP contribution is 2.48. The molecule has 5 rings (SSSR count). The summed E-state index contributed by atoms with van der Waals surface area (Å²) in [6, 6.07) is 16.0. The molecular formula is C30H38ClN4O2P. The van der Waals surface area contributed by atoms with Gasteiger partial charge in [0.1, 0.15) is 18.7 Å². The molecule has 0 radical (unpaired) electrons. The van der Waals surface area contributed by atoms with Crippen molar-refractivity contribution in [3.63, 3.8) is 0 Å². The fourth-order valence-electron chi connectivity index (χ4n) is 6.02. The van der Waals surface area contributed by atoms with E-state index in [0.717, 1.165) is 22.4 Å². The third-order valence-electron chi connectivity index (χ3n) is 8.28. The van der Waals surface area contributed by atoms with Crippen LogP contribution in [0.15, 0.2) is 54.7 Å². The second kappa shape index (κ2) is 11.3. The summed E-state index contributed by atoms with van der Waals surface area (Å²) in [5, 5.41) is 11.5. The summed E-state index contributed by atoms with van der Waals surface area (Å²) in [4.78, 5) is 4.48. The van der Waals surface area contributed by atoms with E-state index < -0.39 is 7.14 Å². The maximum Gasteiger partial charge on any atom is 0.142 e. The number of rotatable bonds is 7. The Morgan fingerprint density at radius 3 is 2.42 bits per heavy atom. The SMILES string of the molecule is COc1cc(C2CCC3(CCNCC3)CC2)ccc1Nc1cc(Nc2ccccc2P(C)(C)=O)c(Cl)cn1. The quantitative estimate of drug-likeness (QED) is 0.263. The van der Waals surface area contributed by atoms with E-state index in [1.807, 2.05) is 30.3 Å². The molecule has 1 aliphatic heterocycles. The second-order valence-electron chi connectivity index (χ2n) is 11.2. The Morgan fingerprint density at radius 1 is 0.974 bits per heavy atom. The van der Waals surface area contributed by atoms with Gasteiger partial charge in [-0.1, -0.05) is 29.8 Å². The van der Waals surface area contributed by atoms with E-state index in [9.17, 15) is 4.57 Å². The van der Waals surface area contributed by atoms with E-state index in [1.165, 1.54) is 57.2 Å². The number of hydrogen-bond acceptors (Lipinski definition) is 6. The lowest BCUT2D eigenvalue weighted by atomic mass is 9.65. The molecule has 2 aromatic carbocycles. The van der Waals surface area contributed by atoms with E-state index >= 15 is 0 Å². The predicted octanol–water partition coefficient (Wildman–Crippen LogP) is 7.51. The number of anilines is 4. The minimum absolute atomic E-state index is 0.485. The van der Waals surface area contributed by atoms with E-state index in [2.05, 4.69) is 39.1 Å². The number of aromatic nitrogens is 1. The Bertz CT molecular complexity index is 1330. The molecule has 3 aromatic rings. The minimum Gasteiger partial charge on any atom is -0.495 e. The predicted molar refractivity (Wildman–Crippen MR) is 160 cm³/mol. The molecular weight excluding hydrogens is 515 g/mol. The van der Waals surface area contributed by atoms with Crippen LogP contribution in [0.5, 0.6) is 5.75 Å². The molecule has 0 amide bonds. The molecule has 1 aliphatic carbocycles. The van der Waals surface area contributed by atoms with Gasteiger partial charge in [-0.25, -0.2) is 4.98 Å². The van der Waals surface area contributed by atoms with Crippen molar-refractivity contribution in [3.8, 4) is 5.75 Å². The van der Waals surface area contributed by atoms with E-state index in [4.69, 9.17) is 16.3 Å². The van der Waals surface area contributed by atoms with Gasteiger partial charge in [0.05, 0.1) is 29.7 Å². The van der Waals surface area contributed by atoms with Gasteiger partial charge in [-0.2, -0.15) is 0 Å². The van der Waals surface area contributed by atoms with Crippen LogP contribution in [0.3, 0.4) is 0 Å². The summed E-state index contributed by atoms with van der Waals surface area (Å²) in [5.41, 5.74) is 4.23. The Balaban J connectivity index is 1.32. The maximum atomic E-state index is 12.8. The molecule has 2 fully saturated rings. The first-order valence-corrected chi connectivity index (χ1v) is 16.5. The number of hydrogen-bond donors (Lipinski definition) is 3. The standard InChI is InChI=1S/C30H38ClN4O2P/c1-37-27-18-22(21-10-12-30(13-11-21)14-16-32-17-15-30)8-9-24(27)35-29-19-26(23(31)20-33-29)34-25-6-4-5-7-28(25)38(2,3)36/h4-9,18-21,32H,10-17H2,1-3H3,(H2,33,34,35). The van der Waals surface area contributed by atoms with E-state index in [0.29, 0.717) is 27.9 Å². The number of methoxy groups -OCH3 is 1. The largest absolute Gasteiger partial charge is 0.495 e. The molecule has 0 unspecified atom stereocenters. The van der Waals surface area contributed by atoms with Gasteiger partial charge in [0.15, 0.2) is 0 Å². The van der Waals surface area contributed by atoms with Crippen LogP contribution in [0, 0.1) is 5.41 Å². The van der Waals surface area contributed by atoms with Crippen LogP contribution in [0.25, 0.3) is 0 Å². The minimum atomic E-state index is -2.47. The lowest BCUT2D eigenvalue weighted by Gasteiger charge is -2.43. The summed E-state index contributed by atoms with van der Waals surface area (Å²) in [7, 11) is -0.758. The van der Waals surface area contributed by atoms with Gasteiger partial charge in [0, 0.05) is 17.1 Å². The fourth-order valence-corrected chi connectivity index (χ4v) is 7.33. The summed E-state index contributed by atoms with van der Waals surface area (Å²) in [6.07, 6.45) is 9.38. The van der Waals surface area contributed by atoms with E-state index in [-0.39, 0.29) is 0 Å². The molecule has 6 nitrogen and oxygen atoms in total. The molecule has 1 saturated heterocycles. The summed E-state index contributed by atoms with van der Waals surface area (Å²) in [5.74, 6) is 2.03. The first-order valence-electron chi connectivity index (χ1n) is 13.5. The number of halogens is 1. The van der Waals surface area contributed by atoms with Crippen molar-refractivity contribution in [3.05, 3.63) is 65.3 Å². The number of piperidine rings is 1. The molecule has 38 heavy (non-hydrogen) atoms. The molecule has 2 heterocycles. The Labute approximate surface area is 231 Å². The van der Waals surface area contributed by atoms with Crippen molar-refractivity contribution < 1.29 is 9.30 Å². The van der Waals surface area contributed by atoms with Gasteiger partial charge in [0.2, 0.25) is 0 Å². The fraction of sp³-hybridized carbons (Fsp3) is 0.433. The highest BCUT2D eigenvalue weighted by atomic mass is 35.5. The van der Waals surface area contributed by atoms with Crippen molar-refractivity contribution in [1.29, 1.82) is 0 Å². The van der Waals surface area contributed by atoms with E-state index in [1.54, 1.807) is 26.6 Å². The Morgan fingerprint density at radius 2 is 1.71 bits per heavy atom. The third kappa shape index (κ3) is 6.03. The molecule has 8 heteroatoms. The Hall–Kier alpha value is -2.53. The van der Waals surface area contributed by atoms with Gasteiger partial charge < -0.3 is 25.3 Å². The third-order valence-corrected chi connectivity index (χ3v) is 10.1. The van der Waals surface area contributed by atoms with Crippen LogP contribution in [-0.2, 0) is 4.57 Å². The normalized spacial score (nSPS) is 17.8. The van der Waals surface area contributed by atoms with Crippen molar-refractivity contribution >= 4 is 46.9 Å². The van der Waals surface area contributed by atoms with Crippen molar-refractivity contribution in [2.45, 2.75) is 44.4 Å². The van der Waals surface area contributed by atoms with Crippen LogP contribution in [-0.4, -0.2) is 38.5 Å². The molecule has 0 bridgehead atoms. The molecule has 1 saturated carbocycles. The van der Waals surface area contributed by atoms with Crippen LogP contribution in [0.1, 0.15) is 50.0 Å². The molecule has 2 aliphatic rings. The highest BCUT2D eigenvalue weighted by molar-refractivity contribution is 7.70. The zero-order valence-electron chi connectivity index (χ0n) is 22.5. The van der Waals surface area contributed by atoms with Gasteiger partial charge >= 0.3 is 0 Å². The highest BCUT2D eigenvalue weighted by Gasteiger charge is 2.36. The summed E-state index contributed by atoms with van der Waals surface area (Å²) in [6.45, 7) is 5.87. The molecule has 202 valence electrons. The van der Waals surface area contributed by atoms with Crippen LogP contribution in [0.2, 0.25) is 5.02 Å². The van der Waals surface area contributed by atoms with Crippen LogP contribution >= 0.6 is 18.7 Å². The average Bonchev–Trinajstić information content (AvgIpc) is 2.91. The molecule has 1 aromatic heterocycles. The van der Waals surface area contributed by atoms with Gasteiger partial charge in [-0.05, 0) is 106 Å². The topological polar surface area (TPSA) is 75.3 Å². The van der Waals surface area contributed by atoms with Gasteiger partial charge in [-0.15, -0.1) is 0 Å². The summed E-state index contributed by atoms with van der Waals surface area (Å²) < 4.78 is 18.6. The smallest absolute Gasteiger partial charge is 0.142 e. The zero-order chi connectivity index (χ0) is 26.8. The first-order chi connectivity index (χ1) is 18.3. The lowest BCUT2D eigenvalue weighted by Crippen LogP contribution is -2.38. The maximum absolute atomic E-state index is 12.8. The summed E-state index contributed by atoms with van der Waals surface area (Å²) >= 11 is 6.48. The van der Waals surface area contributed by atoms with Crippen molar-refractivity contribution in [2.24, 2.45) is 5.41 Å².